The van der Waals surface area contributed by atoms with Crippen molar-refractivity contribution < 1.29 is 5.21 Å². The van der Waals surface area contributed by atoms with Crippen LogP contribution in [0.3, 0.4) is 0 Å². The van der Waals surface area contributed by atoms with Crippen molar-refractivity contribution in [3.63, 3.8) is 0 Å². The number of nitrogens with zero attached hydrogens (tertiary/aromatic N) is 3. The Balaban J connectivity index is 2.77. The number of hydrogen-bond donors (Lipinski definition) is 2. The molecular formula is C6H6N4O. The summed E-state index contributed by atoms with van der Waals surface area (Å²) in [5, 5.41) is 16.4. The van der Waals surface area contributed by atoms with E-state index in [1.165, 1.54) is 6.33 Å². The predicted molar refractivity (Wildman–Crippen MR) is 37.1 cm³/mol. The van der Waals surface area contributed by atoms with Gasteiger partial charge in [0.2, 0.25) is 0 Å². The standard InChI is InChI=1S/C6H6N4O/c7-5-4-1-2-8-6(4)9-3-10(5)11/h2-3,7,11H,1H2. The lowest BCUT2D eigenvalue weighted by atomic mass is 10.2. The summed E-state index contributed by atoms with van der Waals surface area (Å²) in [4.78, 5) is 7.74. The average molecular weight is 150 g/mol. The first kappa shape index (κ1) is 6.09. The number of fused-ring (bicyclic) bond motifs is 1. The van der Waals surface area contributed by atoms with Crippen LogP contribution in [0.2, 0.25) is 0 Å². The Labute approximate surface area is 62.1 Å². The van der Waals surface area contributed by atoms with Crippen molar-refractivity contribution in [2.75, 3.05) is 0 Å². The monoisotopic (exact) mass is 150 g/mol. The molecule has 5 heteroatoms. The van der Waals surface area contributed by atoms with Gasteiger partial charge in [0, 0.05) is 18.2 Å². The molecule has 2 heterocycles. The molecule has 11 heavy (non-hydrogen) atoms. The van der Waals surface area contributed by atoms with Crippen molar-refractivity contribution in [3.05, 3.63) is 17.4 Å². The maximum absolute atomic E-state index is 8.99. The van der Waals surface area contributed by atoms with E-state index in [0.717, 1.165) is 0 Å². The molecule has 0 unspecified atom stereocenters. The fraction of sp³-hybridized carbons (Fsp3) is 0.167. The maximum Gasteiger partial charge on any atom is 0.169 e. The highest BCUT2D eigenvalue weighted by Crippen LogP contribution is 2.15. The first-order chi connectivity index (χ1) is 5.29. The van der Waals surface area contributed by atoms with E-state index in [9.17, 15) is 0 Å². The highest BCUT2D eigenvalue weighted by molar-refractivity contribution is 5.72. The normalized spacial score (nSPS) is 13.5. The highest BCUT2D eigenvalue weighted by Gasteiger charge is 2.10. The van der Waals surface area contributed by atoms with Crippen LogP contribution in [0, 0.1) is 5.41 Å². The predicted octanol–water partition coefficient (Wildman–Crippen LogP) is -0.142. The fourth-order valence-corrected chi connectivity index (χ4v) is 1.01. The lowest BCUT2D eigenvalue weighted by molar-refractivity contribution is 0.166. The van der Waals surface area contributed by atoms with E-state index in [-0.39, 0.29) is 5.49 Å². The largest absolute Gasteiger partial charge is 0.425 e. The first-order valence-corrected chi connectivity index (χ1v) is 3.16. The fourth-order valence-electron chi connectivity index (χ4n) is 1.01. The van der Waals surface area contributed by atoms with Gasteiger partial charge in [-0.1, -0.05) is 0 Å². The average Bonchev–Trinajstić information content (AvgIpc) is 2.45. The minimum atomic E-state index is 0.0625. The number of nitrogens with one attached hydrogen (secondary N) is 1. The Bertz CT molecular complexity index is 379. The van der Waals surface area contributed by atoms with Crippen molar-refractivity contribution >= 4 is 12.0 Å². The van der Waals surface area contributed by atoms with Gasteiger partial charge in [-0.3, -0.25) is 5.41 Å². The van der Waals surface area contributed by atoms with Gasteiger partial charge in [-0.25, -0.2) is 9.98 Å². The zero-order valence-corrected chi connectivity index (χ0v) is 5.65. The van der Waals surface area contributed by atoms with Crippen LogP contribution >= 0.6 is 0 Å². The molecule has 0 saturated carbocycles. The summed E-state index contributed by atoms with van der Waals surface area (Å²) in [6.07, 6.45) is 3.43. The quantitative estimate of drug-likeness (QED) is 0.505. The Morgan fingerprint density at radius 1 is 1.64 bits per heavy atom. The molecule has 0 aromatic carbocycles. The maximum atomic E-state index is 8.99. The van der Waals surface area contributed by atoms with Gasteiger partial charge in [0.05, 0.1) is 0 Å². The van der Waals surface area contributed by atoms with E-state index >= 15 is 0 Å². The molecule has 1 aromatic heterocycles. The summed E-state index contributed by atoms with van der Waals surface area (Å²) in [7, 11) is 0. The summed E-state index contributed by atoms with van der Waals surface area (Å²) in [5.41, 5.74) is 0.738. The van der Waals surface area contributed by atoms with Crippen LogP contribution in [0.5, 0.6) is 0 Å². The van der Waals surface area contributed by atoms with Gasteiger partial charge in [0.15, 0.2) is 11.3 Å². The van der Waals surface area contributed by atoms with Crippen LogP contribution in [0.25, 0.3) is 0 Å². The summed E-state index contributed by atoms with van der Waals surface area (Å²) in [6, 6.07) is 0. The molecule has 0 atom stereocenters. The molecule has 0 radical (unpaired) electrons. The van der Waals surface area contributed by atoms with E-state index in [1.807, 2.05) is 0 Å². The lowest BCUT2D eigenvalue weighted by Gasteiger charge is -1.99. The number of aliphatic imine (C=N–C) groups is 1. The zero-order valence-electron chi connectivity index (χ0n) is 5.65. The Hall–Kier alpha value is -1.65. The van der Waals surface area contributed by atoms with Crippen LogP contribution in [-0.4, -0.2) is 21.1 Å². The second-order valence-electron chi connectivity index (χ2n) is 2.26. The molecule has 0 amide bonds. The molecular weight excluding hydrogens is 144 g/mol. The van der Waals surface area contributed by atoms with Gasteiger partial charge >= 0.3 is 0 Å². The van der Waals surface area contributed by atoms with Gasteiger partial charge < -0.3 is 5.21 Å². The van der Waals surface area contributed by atoms with Gasteiger partial charge in [-0.05, 0) is 0 Å². The van der Waals surface area contributed by atoms with Gasteiger partial charge in [-0.2, -0.15) is 4.73 Å². The van der Waals surface area contributed by atoms with Crippen LogP contribution in [0.4, 0.5) is 5.82 Å². The topological polar surface area (TPSA) is 74.3 Å². The molecule has 0 fully saturated rings. The molecule has 2 rings (SSSR count). The minimum absolute atomic E-state index is 0.0625. The third-order valence-electron chi connectivity index (χ3n) is 1.58. The molecule has 0 spiro atoms. The van der Waals surface area contributed by atoms with Crippen LogP contribution in [0.1, 0.15) is 5.56 Å². The molecule has 56 valence electrons. The summed E-state index contributed by atoms with van der Waals surface area (Å²) < 4.78 is 0.688. The Morgan fingerprint density at radius 2 is 2.45 bits per heavy atom. The van der Waals surface area contributed by atoms with Crippen LogP contribution in [0.15, 0.2) is 11.3 Å². The smallest absolute Gasteiger partial charge is 0.169 e. The van der Waals surface area contributed by atoms with Crippen LogP contribution in [-0.2, 0) is 6.42 Å². The van der Waals surface area contributed by atoms with Gasteiger partial charge in [-0.15, -0.1) is 0 Å². The van der Waals surface area contributed by atoms with E-state index in [2.05, 4.69) is 9.98 Å². The molecule has 1 aliphatic rings. The molecule has 0 aliphatic carbocycles. The summed E-state index contributed by atoms with van der Waals surface area (Å²) in [6.45, 7) is 0. The van der Waals surface area contributed by atoms with Gasteiger partial charge in [0.25, 0.3) is 0 Å². The number of aromatic nitrogens is 2. The van der Waals surface area contributed by atoms with E-state index in [4.69, 9.17) is 10.6 Å². The Morgan fingerprint density at radius 3 is 3.27 bits per heavy atom. The summed E-state index contributed by atoms with van der Waals surface area (Å²) >= 11 is 0. The van der Waals surface area contributed by atoms with Crippen LogP contribution < -0.4 is 5.49 Å². The molecule has 0 saturated heterocycles. The Kier molecular flexibility index (Phi) is 1.06. The third-order valence-corrected chi connectivity index (χ3v) is 1.58. The van der Waals surface area contributed by atoms with Crippen molar-refractivity contribution in [1.82, 2.24) is 9.71 Å². The zero-order chi connectivity index (χ0) is 7.84. The molecule has 5 nitrogen and oxygen atoms in total. The van der Waals surface area contributed by atoms with Crippen molar-refractivity contribution in [2.45, 2.75) is 6.42 Å². The molecule has 1 aliphatic heterocycles. The van der Waals surface area contributed by atoms with Crippen molar-refractivity contribution in [1.29, 1.82) is 5.41 Å². The number of rotatable bonds is 0. The van der Waals surface area contributed by atoms with E-state index in [0.29, 0.717) is 22.5 Å². The van der Waals surface area contributed by atoms with E-state index < -0.39 is 0 Å². The third kappa shape index (κ3) is 0.739. The molecule has 0 bridgehead atoms. The van der Waals surface area contributed by atoms with Gasteiger partial charge in [0.1, 0.15) is 6.33 Å². The van der Waals surface area contributed by atoms with E-state index in [1.54, 1.807) is 6.21 Å². The second kappa shape index (κ2) is 1.91. The van der Waals surface area contributed by atoms with Crippen molar-refractivity contribution in [2.24, 2.45) is 4.99 Å². The molecule has 2 N–H and O–H groups in total. The summed E-state index contributed by atoms with van der Waals surface area (Å²) in [5.74, 6) is 0.542. The SMILES string of the molecule is N=c1c2c(ncn1O)N=CC2. The number of hydrogen-bond acceptors (Lipinski definition) is 4. The minimum Gasteiger partial charge on any atom is -0.425 e. The van der Waals surface area contributed by atoms with Crippen molar-refractivity contribution in [3.8, 4) is 0 Å². The molecule has 1 aromatic rings. The lowest BCUT2D eigenvalue weighted by Crippen LogP contribution is -2.21. The first-order valence-electron chi connectivity index (χ1n) is 3.16. The second-order valence-corrected chi connectivity index (χ2v) is 2.26. The highest BCUT2D eigenvalue weighted by atomic mass is 16.5.